The van der Waals surface area contributed by atoms with E-state index in [1.165, 1.54) is 12.1 Å². The molecule has 1 fully saturated rings. The molecule has 4 heterocycles. The van der Waals surface area contributed by atoms with Crippen LogP contribution >= 0.6 is 0 Å². The first-order valence-electron chi connectivity index (χ1n) is 8.95. The highest BCUT2D eigenvalue weighted by Crippen LogP contribution is 2.22. The lowest BCUT2D eigenvalue weighted by Gasteiger charge is -2.35. The predicted octanol–water partition coefficient (Wildman–Crippen LogP) is 1.49. The number of aromatic nitrogens is 5. The second-order valence-electron chi connectivity index (χ2n) is 6.82. The molecule has 2 aliphatic rings. The third-order valence-electron chi connectivity index (χ3n) is 5.28. The third-order valence-corrected chi connectivity index (χ3v) is 5.28. The minimum atomic E-state index is 0.909. The van der Waals surface area contributed by atoms with Crippen molar-refractivity contribution in [2.75, 3.05) is 31.1 Å². The topological polar surface area (TPSA) is 63.0 Å². The van der Waals surface area contributed by atoms with Gasteiger partial charge in [0.05, 0.1) is 12.1 Å². The monoisotopic (exact) mass is 335 g/mol. The number of piperazine rings is 1. The quantitative estimate of drug-likeness (QED) is 0.723. The Kier molecular flexibility index (Phi) is 3.59. The Labute approximate surface area is 146 Å². The number of fused-ring (bicyclic) bond motifs is 2. The molecule has 25 heavy (non-hydrogen) atoms. The molecule has 2 aliphatic heterocycles. The smallest absolute Gasteiger partial charge is 0.147 e. The lowest BCUT2D eigenvalue weighted by molar-refractivity contribution is 0.240. The molecule has 0 aliphatic carbocycles. The molecule has 0 bridgehead atoms. The van der Waals surface area contributed by atoms with Gasteiger partial charge in [0.15, 0.2) is 0 Å². The first kappa shape index (κ1) is 14.8. The van der Waals surface area contributed by atoms with Gasteiger partial charge in [-0.3, -0.25) is 4.90 Å². The van der Waals surface area contributed by atoms with E-state index in [4.69, 9.17) is 0 Å². The molecule has 128 valence electrons. The molecule has 0 radical (unpaired) electrons. The number of hydrogen-bond donors (Lipinski definition) is 0. The molecule has 0 atom stereocenters. The normalized spacial score (nSPS) is 18.0. The standard InChI is InChI=1S/C18H21N7/c1-2-17-21-22-18(25(17)5-1)12-23-6-8-24(9-7-23)15-3-4-16-14(10-15)11-19-13-20-16/h3-4,10-11,13H,1-2,5-9,12H2. The van der Waals surface area contributed by atoms with Gasteiger partial charge in [0, 0.05) is 56.4 Å². The molecule has 0 N–H and O–H groups in total. The molecule has 5 rings (SSSR count). The zero-order valence-corrected chi connectivity index (χ0v) is 14.2. The molecule has 0 spiro atoms. The lowest BCUT2D eigenvalue weighted by Crippen LogP contribution is -2.46. The minimum absolute atomic E-state index is 0.909. The van der Waals surface area contributed by atoms with Crippen molar-refractivity contribution in [1.29, 1.82) is 0 Å². The van der Waals surface area contributed by atoms with Gasteiger partial charge in [0.1, 0.15) is 18.0 Å². The number of aryl methyl sites for hydroxylation is 1. The van der Waals surface area contributed by atoms with Crippen molar-refractivity contribution >= 4 is 16.6 Å². The average molecular weight is 335 g/mol. The fourth-order valence-electron chi connectivity index (χ4n) is 3.86. The molecule has 1 saturated heterocycles. The van der Waals surface area contributed by atoms with E-state index < -0.39 is 0 Å². The highest BCUT2D eigenvalue weighted by molar-refractivity contribution is 5.81. The number of hydrogen-bond acceptors (Lipinski definition) is 6. The van der Waals surface area contributed by atoms with E-state index in [0.717, 1.165) is 68.2 Å². The van der Waals surface area contributed by atoms with Crippen LogP contribution in [0.5, 0.6) is 0 Å². The fourth-order valence-corrected chi connectivity index (χ4v) is 3.86. The summed E-state index contributed by atoms with van der Waals surface area (Å²) in [6.45, 7) is 6.14. The van der Waals surface area contributed by atoms with Gasteiger partial charge in [-0.05, 0) is 24.6 Å². The second-order valence-corrected chi connectivity index (χ2v) is 6.82. The Balaban J connectivity index is 1.26. The van der Waals surface area contributed by atoms with E-state index in [9.17, 15) is 0 Å². The first-order valence-corrected chi connectivity index (χ1v) is 8.95. The molecular weight excluding hydrogens is 314 g/mol. The molecule has 0 unspecified atom stereocenters. The van der Waals surface area contributed by atoms with Crippen LogP contribution in [0.3, 0.4) is 0 Å². The van der Waals surface area contributed by atoms with E-state index in [1.54, 1.807) is 6.33 Å². The van der Waals surface area contributed by atoms with Crippen molar-refractivity contribution in [3.63, 3.8) is 0 Å². The summed E-state index contributed by atoms with van der Waals surface area (Å²) in [6.07, 6.45) is 5.76. The Bertz CT molecular complexity index is 895. The summed E-state index contributed by atoms with van der Waals surface area (Å²) in [4.78, 5) is 13.3. The molecule has 0 saturated carbocycles. The average Bonchev–Trinajstić information content (AvgIpc) is 3.27. The molecule has 3 aromatic rings. The predicted molar refractivity (Wildman–Crippen MR) is 95.4 cm³/mol. The summed E-state index contributed by atoms with van der Waals surface area (Å²) in [7, 11) is 0. The van der Waals surface area contributed by atoms with Gasteiger partial charge in [-0.2, -0.15) is 0 Å². The zero-order valence-electron chi connectivity index (χ0n) is 14.2. The highest BCUT2D eigenvalue weighted by Gasteiger charge is 2.22. The zero-order chi connectivity index (χ0) is 16.6. The van der Waals surface area contributed by atoms with Crippen LogP contribution in [0.1, 0.15) is 18.1 Å². The lowest BCUT2D eigenvalue weighted by atomic mass is 10.2. The Morgan fingerprint density at radius 2 is 1.92 bits per heavy atom. The maximum atomic E-state index is 4.39. The summed E-state index contributed by atoms with van der Waals surface area (Å²) in [5.41, 5.74) is 2.25. The van der Waals surface area contributed by atoms with Crippen LogP contribution in [-0.4, -0.2) is 55.8 Å². The third kappa shape index (κ3) is 2.74. The summed E-state index contributed by atoms with van der Waals surface area (Å²) in [5.74, 6) is 2.29. The van der Waals surface area contributed by atoms with Crippen molar-refractivity contribution in [2.24, 2.45) is 0 Å². The van der Waals surface area contributed by atoms with Gasteiger partial charge < -0.3 is 9.47 Å². The largest absolute Gasteiger partial charge is 0.369 e. The molecule has 1 aromatic carbocycles. The van der Waals surface area contributed by atoms with E-state index in [-0.39, 0.29) is 0 Å². The number of rotatable bonds is 3. The second kappa shape index (κ2) is 6.07. The van der Waals surface area contributed by atoms with E-state index in [2.05, 4.69) is 52.7 Å². The van der Waals surface area contributed by atoms with Crippen molar-refractivity contribution in [1.82, 2.24) is 29.6 Å². The summed E-state index contributed by atoms with van der Waals surface area (Å²) >= 11 is 0. The number of anilines is 1. The van der Waals surface area contributed by atoms with Gasteiger partial charge >= 0.3 is 0 Å². The maximum Gasteiger partial charge on any atom is 0.147 e. The van der Waals surface area contributed by atoms with Crippen molar-refractivity contribution in [3.8, 4) is 0 Å². The Morgan fingerprint density at radius 3 is 2.84 bits per heavy atom. The van der Waals surface area contributed by atoms with E-state index in [0.29, 0.717) is 0 Å². The maximum absolute atomic E-state index is 4.39. The Hall–Kier alpha value is -2.54. The first-order chi connectivity index (χ1) is 12.4. The van der Waals surface area contributed by atoms with Gasteiger partial charge in [-0.15, -0.1) is 10.2 Å². The molecule has 2 aromatic heterocycles. The molecule has 7 nitrogen and oxygen atoms in total. The van der Waals surface area contributed by atoms with Gasteiger partial charge in [-0.25, -0.2) is 9.97 Å². The summed E-state index contributed by atoms with van der Waals surface area (Å²) in [6, 6.07) is 6.44. The van der Waals surface area contributed by atoms with Crippen molar-refractivity contribution in [3.05, 3.63) is 42.4 Å². The fraction of sp³-hybridized carbons (Fsp3) is 0.444. The highest BCUT2D eigenvalue weighted by atomic mass is 15.3. The van der Waals surface area contributed by atoms with Crippen molar-refractivity contribution in [2.45, 2.75) is 25.9 Å². The SMILES string of the molecule is c1ncc2cc(N3CCN(Cc4nnc5n4CCC5)CC3)ccc2n1. The van der Waals surface area contributed by atoms with E-state index >= 15 is 0 Å². The van der Waals surface area contributed by atoms with Crippen molar-refractivity contribution < 1.29 is 0 Å². The molecule has 7 heteroatoms. The Morgan fingerprint density at radius 1 is 1.00 bits per heavy atom. The van der Waals surface area contributed by atoms with Gasteiger partial charge in [0.2, 0.25) is 0 Å². The van der Waals surface area contributed by atoms with Crippen LogP contribution in [0.4, 0.5) is 5.69 Å². The van der Waals surface area contributed by atoms with Crippen LogP contribution in [0, 0.1) is 0 Å². The van der Waals surface area contributed by atoms with Crippen LogP contribution < -0.4 is 4.90 Å². The minimum Gasteiger partial charge on any atom is -0.369 e. The van der Waals surface area contributed by atoms with E-state index in [1.807, 2.05) is 6.20 Å². The summed E-state index contributed by atoms with van der Waals surface area (Å²) < 4.78 is 2.30. The van der Waals surface area contributed by atoms with Crippen LogP contribution in [0.15, 0.2) is 30.7 Å². The number of nitrogens with zero attached hydrogens (tertiary/aromatic N) is 7. The van der Waals surface area contributed by atoms with Crippen LogP contribution in [-0.2, 0) is 19.5 Å². The summed E-state index contributed by atoms with van der Waals surface area (Å²) in [5, 5.41) is 9.80. The van der Waals surface area contributed by atoms with Gasteiger partial charge in [-0.1, -0.05) is 0 Å². The van der Waals surface area contributed by atoms with Gasteiger partial charge in [0.25, 0.3) is 0 Å². The van der Waals surface area contributed by atoms with Crippen LogP contribution in [0.2, 0.25) is 0 Å². The molecule has 0 amide bonds. The molecular formula is C18H21N7. The van der Waals surface area contributed by atoms with Crippen LogP contribution in [0.25, 0.3) is 10.9 Å². The number of benzene rings is 1.